The molecule has 1 aromatic carbocycles. The Morgan fingerprint density at radius 1 is 1.46 bits per heavy atom. The van der Waals surface area contributed by atoms with E-state index in [2.05, 4.69) is 11.5 Å². The van der Waals surface area contributed by atoms with E-state index in [1.165, 1.54) is 0 Å². The number of carbonyl (C=O) groups is 1. The Bertz CT molecular complexity index is 645. The maximum Gasteiger partial charge on any atom is 0.311 e. The molecule has 24 heavy (non-hydrogen) atoms. The molecule has 3 rings (SSSR count). The minimum Gasteiger partial charge on any atom is -0.496 e. The summed E-state index contributed by atoms with van der Waals surface area (Å²) in [6.07, 6.45) is 3.73. The number of allylic oxidation sites excluding steroid dienone is 1. The van der Waals surface area contributed by atoms with E-state index in [1.54, 1.807) is 13.2 Å². The van der Waals surface area contributed by atoms with Crippen molar-refractivity contribution < 1.29 is 24.1 Å². The lowest BCUT2D eigenvalue weighted by Crippen LogP contribution is -2.47. The molecule has 6 nitrogen and oxygen atoms in total. The molecule has 0 aromatic heterocycles. The third kappa shape index (κ3) is 3.06. The van der Waals surface area contributed by atoms with Crippen molar-refractivity contribution in [3.63, 3.8) is 0 Å². The molecule has 0 radical (unpaired) electrons. The van der Waals surface area contributed by atoms with Crippen LogP contribution in [0.2, 0.25) is 0 Å². The van der Waals surface area contributed by atoms with Gasteiger partial charge in [0.15, 0.2) is 11.5 Å². The highest BCUT2D eigenvalue weighted by Crippen LogP contribution is 2.40. The van der Waals surface area contributed by atoms with Crippen LogP contribution < -0.4 is 14.2 Å². The minimum absolute atomic E-state index is 0.215. The molecule has 6 heteroatoms. The van der Waals surface area contributed by atoms with Crippen LogP contribution >= 0.6 is 0 Å². The van der Waals surface area contributed by atoms with Gasteiger partial charge in [0.1, 0.15) is 5.75 Å². The van der Waals surface area contributed by atoms with Gasteiger partial charge in [-0.05, 0) is 31.9 Å². The number of likely N-dealkylation sites (tertiary alicyclic amines) is 1. The van der Waals surface area contributed by atoms with Crippen molar-refractivity contribution in [1.82, 2.24) is 4.90 Å². The SMILES string of the molecule is C=CCC1(C(=O)O)CCCN(Cc2cc3c(cc2OC)OCO3)C1. The van der Waals surface area contributed by atoms with Gasteiger partial charge in [0.2, 0.25) is 6.79 Å². The van der Waals surface area contributed by atoms with E-state index in [0.717, 1.165) is 24.3 Å². The fourth-order valence-corrected chi connectivity index (χ4v) is 3.59. The highest BCUT2D eigenvalue weighted by Gasteiger charge is 2.41. The van der Waals surface area contributed by atoms with Crippen LogP contribution in [0.5, 0.6) is 17.2 Å². The fraction of sp³-hybridized carbons (Fsp3) is 0.500. The summed E-state index contributed by atoms with van der Waals surface area (Å²) in [5.41, 5.74) is 0.227. The van der Waals surface area contributed by atoms with E-state index >= 15 is 0 Å². The van der Waals surface area contributed by atoms with Gasteiger partial charge in [-0.3, -0.25) is 9.69 Å². The summed E-state index contributed by atoms with van der Waals surface area (Å²) in [6.45, 7) is 5.93. The monoisotopic (exact) mass is 333 g/mol. The third-order valence-electron chi connectivity index (χ3n) is 4.81. The maximum absolute atomic E-state index is 11.8. The predicted molar refractivity (Wildman–Crippen MR) is 88.5 cm³/mol. The summed E-state index contributed by atoms with van der Waals surface area (Å²) in [4.78, 5) is 14.0. The van der Waals surface area contributed by atoms with Crippen molar-refractivity contribution in [2.24, 2.45) is 5.41 Å². The average Bonchev–Trinajstić information content (AvgIpc) is 3.01. The van der Waals surface area contributed by atoms with Crippen LogP contribution in [0.1, 0.15) is 24.8 Å². The number of hydrogen-bond donors (Lipinski definition) is 1. The Hall–Kier alpha value is -2.21. The number of carboxylic acids is 1. The molecule has 0 aliphatic carbocycles. The number of fused-ring (bicyclic) bond motifs is 1. The lowest BCUT2D eigenvalue weighted by atomic mass is 9.77. The van der Waals surface area contributed by atoms with Gasteiger partial charge in [0.25, 0.3) is 0 Å². The molecular weight excluding hydrogens is 310 g/mol. The molecule has 1 aromatic rings. The van der Waals surface area contributed by atoms with Crippen LogP contribution in [0.25, 0.3) is 0 Å². The molecule has 2 heterocycles. The van der Waals surface area contributed by atoms with Gasteiger partial charge >= 0.3 is 5.97 Å². The summed E-state index contributed by atoms with van der Waals surface area (Å²) in [5, 5.41) is 9.70. The fourth-order valence-electron chi connectivity index (χ4n) is 3.59. The number of benzene rings is 1. The van der Waals surface area contributed by atoms with Crippen LogP contribution in [-0.2, 0) is 11.3 Å². The van der Waals surface area contributed by atoms with Crippen molar-refractivity contribution in [1.29, 1.82) is 0 Å². The Kier molecular flexibility index (Phi) is 4.66. The summed E-state index contributed by atoms with van der Waals surface area (Å²) < 4.78 is 16.3. The summed E-state index contributed by atoms with van der Waals surface area (Å²) in [6, 6.07) is 3.75. The van der Waals surface area contributed by atoms with Crippen molar-refractivity contribution in [3.8, 4) is 17.2 Å². The number of rotatable bonds is 6. The van der Waals surface area contributed by atoms with Crippen molar-refractivity contribution in [2.45, 2.75) is 25.8 Å². The quantitative estimate of drug-likeness (QED) is 0.807. The molecule has 1 fully saturated rings. The van der Waals surface area contributed by atoms with E-state index in [0.29, 0.717) is 37.4 Å². The molecule has 1 N–H and O–H groups in total. The zero-order valence-corrected chi connectivity index (χ0v) is 13.9. The molecule has 0 amide bonds. The first-order chi connectivity index (χ1) is 11.6. The molecule has 0 saturated carbocycles. The Morgan fingerprint density at radius 3 is 2.88 bits per heavy atom. The highest BCUT2D eigenvalue weighted by atomic mass is 16.7. The first-order valence-electron chi connectivity index (χ1n) is 8.11. The molecular formula is C18H23NO5. The molecule has 1 unspecified atom stereocenters. The first-order valence-corrected chi connectivity index (χ1v) is 8.11. The molecule has 2 aliphatic rings. The number of aliphatic carboxylic acids is 1. The zero-order valence-electron chi connectivity index (χ0n) is 13.9. The van der Waals surface area contributed by atoms with Gasteiger partial charge in [-0.2, -0.15) is 0 Å². The lowest BCUT2D eigenvalue weighted by Gasteiger charge is -2.39. The largest absolute Gasteiger partial charge is 0.496 e. The van der Waals surface area contributed by atoms with Crippen LogP contribution in [0, 0.1) is 5.41 Å². The van der Waals surface area contributed by atoms with E-state index in [4.69, 9.17) is 14.2 Å². The topological polar surface area (TPSA) is 68.2 Å². The summed E-state index contributed by atoms with van der Waals surface area (Å²) >= 11 is 0. The number of piperidine rings is 1. The Balaban J connectivity index is 1.80. The van der Waals surface area contributed by atoms with E-state index in [1.807, 2.05) is 12.1 Å². The van der Waals surface area contributed by atoms with Crippen LogP contribution in [0.4, 0.5) is 0 Å². The average molecular weight is 333 g/mol. The Morgan fingerprint density at radius 2 is 2.21 bits per heavy atom. The number of ether oxygens (including phenoxy) is 3. The van der Waals surface area contributed by atoms with E-state index in [9.17, 15) is 9.90 Å². The standard InChI is InChI=1S/C18H23NO5/c1-3-5-18(17(20)21)6-4-7-19(11-18)10-13-8-15-16(24-12-23-15)9-14(13)22-2/h3,8-9H,1,4-7,10-12H2,2H3,(H,20,21). The van der Waals surface area contributed by atoms with E-state index in [-0.39, 0.29) is 6.79 Å². The smallest absolute Gasteiger partial charge is 0.311 e. The zero-order chi connectivity index (χ0) is 17.2. The number of carboxylic acid groups (broad SMARTS) is 1. The van der Waals surface area contributed by atoms with Gasteiger partial charge in [0.05, 0.1) is 12.5 Å². The van der Waals surface area contributed by atoms with E-state index < -0.39 is 11.4 Å². The second-order valence-electron chi connectivity index (χ2n) is 6.41. The molecule has 0 bridgehead atoms. The number of hydrogen-bond acceptors (Lipinski definition) is 5. The van der Waals surface area contributed by atoms with Crippen molar-refractivity contribution >= 4 is 5.97 Å². The molecule has 1 saturated heterocycles. The van der Waals surface area contributed by atoms with Crippen LogP contribution in [0.3, 0.4) is 0 Å². The molecule has 2 aliphatic heterocycles. The third-order valence-corrected chi connectivity index (χ3v) is 4.81. The van der Waals surface area contributed by atoms with Gasteiger partial charge in [-0.15, -0.1) is 6.58 Å². The van der Waals surface area contributed by atoms with Crippen molar-refractivity contribution in [2.75, 3.05) is 27.0 Å². The summed E-state index contributed by atoms with van der Waals surface area (Å²) in [5.74, 6) is 1.37. The second kappa shape index (κ2) is 6.73. The predicted octanol–water partition coefficient (Wildman–Crippen LogP) is 2.67. The molecule has 0 spiro atoms. The first kappa shape index (κ1) is 16.6. The number of nitrogens with zero attached hydrogens (tertiary/aromatic N) is 1. The van der Waals surface area contributed by atoms with Gasteiger partial charge < -0.3 is 19.3 Å². The molecule has 130 valence electrons. The van der Waals surface area contributed by atoms with Gasteiger partial charge in [-0.25, -0.2) is 0 Å². The number of methoxy groups -OCH3 is 1. The van der Waals surface area contributed by atoms with Crippen LogP contribution in [0.15, 0.2) is 24.8 Å². The highest BCUT2D eigenvalue weighted by molar-refractivity contribution is 5.75. The normalized spacial score (nSPS) is 23.0. The lowest BCUT2D eigenvalue weighted by molar-refractivity contribution is -0.152. The van der Waals surface area contributed by atoms with Crippen LogP contribution in [-0.4, -0.2) is 43.0 Å². The second-order valence-corrected chi connectivity index (χ2v) is 6.41. The maximum atomic E-state index is 11.8. The van der Waals surface area contributed by atoms with Crippen molar-refractivity contribution in [3.05, 3.63) is 30.4 Å². The van der Waals surface area contributed by atoms with Gasteiger partial charge in [-0.1, -0.05) is 6.08 Å². The minimum atomic E-state index is -0.746. The summed E-state index contributed by atoms with van der Waals surface area (Å²) in [7, 11) is 1.62. The molecule has 1 atom stereocenters. The van der Waals surface area contributed by atoms with Gasteiger partial charge in [0, 0.05) is 24.7 Å². The Labute approximate surface area is 141 Å².